The van der Waals surface area contributed by atoms with Crippen molar-refractivity contribution < 1.29 is 27.8 Å². The lowest BCUT2D eigenvalue weighted by Crippen LogP contribution is -2.19. The maximum absolute atomic E-state index is 11.9. The highest BCUT2D eigenvalue weighted by molar-refractivity contribution is 6.17. The lowest BCUT2D eigenvalue weighted by molar-refractivity contribution is -0.276. The van der Waals surface area contributed by atoms with Gasteiger partial charge in [0.05, 0.1) is 17.6 Å². The number of nitrogens with zero attached hydrogens (tertiary/aromatic N) is 1. The minimum absolute atomic E-state index is 0.0888. The van der Waals surface area contributed by atoms with Crippen LogP contribution in [0.5, 0.6) is 11.6 Å². The van der Waals surface area contributed by atoms with Crippen LogP contribution in [-0.2, 0) is 5.88 Å². The number of hydrogen-bond donors (Lipinski definition) is 1. The zero-order chi connectivity index (χ0) is 12.3. The predicted molar refractivity (Wildman–Crippen MR) is 47.5 cm³/mol. The molecule has 16 heavy (non-hydrogen) atoms. The molecule has 0 aromatic carbocycles. The van der Waals surface area contributed by atoms with Gasteiger partial charge in [0.15, 0.2) is 6.29 Å². The Labute approximate surface area is 92.6 Å². The van der Waals surface area contributed by atoms with Gasteiger partial charge in [-0.15, -0.1) is 24.8 Å². The molecule has 1 N–H and O–H groups in total. The van der Waals surface area contributed by atoms with Crippen molar-refractivity contribution in [3.8, 4) is 11.6 Å². The first kappa shape index (κ1) is 12.6. The molecule has 1 heterocycles. The van der Waals surface area contributed by atoms with E-state index in [2.05, 4.69) is 9.72 Å². The van der Waals surface area contributed by atoms with Crippen molar-refractivity contribution in [1.82, 2.24) is 4.98 Å². The van der Waals surface area contributed by atoms with Gasteiger partial charge in [-0.25, -0.2) is 4.98 Å². The van der Waals surface area contributed by atoms with E-state index in [1.54, 1.807) is 0 Å². The lowest BCUT2D eigenvalue weighted by Gasteiger charge is -2.12. The first-order valence-corrected chi connectivity index (χ1v) is 4.40. The molecule has 0 aliphatic rings. The average Bonchev–Trinajstić information content (AvgIpc) is 2.18. The second-order valence-corrected chi connectivity index (χ2v) is 2.91. The molecule has 1 aromatic rings. The average molecular weight is 256 g/mol. The van der Waals surface area contributed by atoms with Crippen molar-refractivity contribution in [3.05, 3.63) is 17.3 Å². The SMILES string of the molecule is O=Cc1c(OC(F)(F)F)ncc(O)c1CCl. The van der Waals surface area contributed by atoms with Gasteiger partial charge in [-0.3, -0.25) is 4.79 Å². The predicted octanol–water partition coefficient (Wildman–Crippen LogP) is 2.24. The van der Waals surface area contributed by atoms with E-state index in [1.807, 2.05) is 0 Å². The van der Waals surface area contributed by atoms with Crippen molar-refractivity contribution in [1.29, 1.82) is 0 Å². The van der Waals surface area contributed by atoms with Crippen molar-refractivity contribution in [2.24, 2.45) is 0 Å². The van der Waals surface area contributed by atoms with E-state index >= 15 is 0 Å². The topological polar surface area (TPSA) is 59.4 Å². The van der Waals surface area contributed by atoms with Gasteiger partial charge < -0.3 is 9.84 Å². The van der Waals surface area contributed by atoms with Crippen molar-refractivity contribution in [2.75, 3.05) is 0 Å². The van der Waals surface area contributed by atoms with Crippen LogP contribution in [0.2, 0.25) is 0 Å². The third-order valence-electron chi connectivity index (χ3n) is 1.63. The number of carbonyl (C=O) groups is 1. The van der Waals surface area contributed by atoms with Crippen molar-refractivity contribution >= 4 is 17.9 Å². The van der Waals surface area contributed by atoms with Crippen LogP contribution in [0.1, 0.15) is 15.9 Å². The number of halogens is 4. The van der Waals surface area contributed by atoms with Crippen LogP contribution in [-0.4, -0.2) is 22.7 Å². The molecule has 0 aliphatic carbocycles. The number of ether oxygens (including phenoxy) is 1. The van der Waals surface area contributed by atoms with Gasteiger partial charge in [0.1, 0.15) is 5.75 Å². The molecule has 1 rings (SSSR count). The molecular formula is C8H5ClF3NO3. The Morgan fingerprint density at radius 1 is 1.56 bits per heavy atom. The highest BCUT2D eigenvalue weighted by Crippen LogP contribution is 2.30. The van der Waals surface area contributed by atoms with Crippen LogP contribution in [0, 0.1) is 0 Å². The summed E-state index contributed by atoms with van der Waals surface area (Å²) in [4.78, 5) is 13.7. The molecular weight excluding hydrogens is 251 g/mol. The molecule has 1 aromatic heterocycles. The minimum Gasteiger partial charge on any atom is -0.506 e. The summed E-state index contributed by atoms with van der Waals surface area (Å²) in [6, 6.07) is 0. The Kier molecular flexibility index (Phi) is 3.58. The zero-order valence-corrected chi connectivity index (χ0v) is 8.34. The van der Waals surface area contributed by atoms with Gasteiger partial charge >= 0.3 is 6.36 Å². The van der Waals surface area contributed by atoms with Crippen molar-refractivity contribution in [3.63, 3.8) is 0 Å². The van der Waals surface area contributed by atoms with Crippen LogP contribution in [0.4, 0.5) is 13.2 Å². The fourth-order valence-electron chi connectivity index (χ4n) is 0.987. The highest BCUT2D eigenvalue weighted by atomic mass is 35.5. The fraction of sp³-hybridized carbons (Fsp3) is 0.250. The first-order valence-electron chi connectivity index (χ1n) is 3.86. The Bertz CT molecular complexity index is 408. The summed E-state index contributed by atoms with van der Waals surface area (Å²) in [6.07, 6.45) is -4.15. The summed E-state index contributed by atoms with van der Waals surface area (Å²) in [6.45, 7) is 0. The third-order valence-corrected chi connectivity index (χ3v) is 1.90. The third kappa shape index (κ3) is 2.75. The summed E-state index contributed by atoms with van der Waals surface area (Å²) in [5, 5.41) is 9.20. The molecule has 8 heteroatoms. The van der Waals surface area contributed by atoms with E-state index in [9.17, 15) is 23.1 Å². The van der Waals surface area contributed by atoms with Crippen LogP contribution >= 0.6 is 11.6 Å². The smallest absolute Gasteiger partial charge is 0.506 e. The molecule has 0 radical (unpaired) electrons. The second-order valence-electron chi connectivity index (χ2n) is 2.64. The van der Waals surface area contributed by atoms with Crippen LogP contribution in [0.3, 0.4) is 0 Å². The summed E-state index contributed by atoms with van der Waals surface area (Å²) in [7, 11) is 0. The normalized spacial score (nSPS) is 11.2. The minimum atomic E-state index is -4.97. The Hall–Kier alpha value is -1.50. The summed E-state index contributed by atoms with van der Waals surface area (Å²) < 4.78 is 39.3. The molecule has 0 fully saturated rings. The quantitative estimate of drug-likeness (QED) is 0.665. The number of carbonyl (C=O) groups excluding carboxylic acids is 1. The van der Waals surface area contributed by atoms with Crippen LogP contribution in [0.15, 0.2) is 6.20 Å². The van der Waals surface area contributed by atoms with E-state index < -0.39 is 23.6 Å². The highest BCUT2D eigenvalue weighted by Gasteiger charge is 2.33. The van der Waals surface area contributed by atoms with Gasteiger partial charge in [-0.2, -0.15) is 0 Å². The van der Waals surface area contributed by atoms with E-state index in [4.69, 9.17) is 11.6 Å². The van der Waals surface area contributed by atoms with E-state index in [0.717, 1.165) is 6.20 Å². The molecule has 0 aliphatic heterocycles. The number of hydrogen-bond acceptors (Lipinski definition) is 4. The largest absolute Gasteiger partial charge is 0.574 e. The lowest BCUT2D eigenvalue weighted by atomic mass is 10.1. The van der Waals surface area contributed by atoms with Gasteiger partial charge in [0, 0.05) is 5.56 Å². The molecule has 4 nitrogen and oxygen atoms in total. The molecule has 0 saturated carbocycles. The molecule has 0 atom stereocenters. The van der Waals surface area contributed by atoms with Crippen molar-refractivity contribution in [2.45, 2.75) is 12.2 Å². The van der Waals surface area contributed by atoms with Crippen LogP contribution < -0.4 is 4.74 Å². The summed E-state index contributed by atoms with van der Waals surface area (Å²) >= 11 is 5.38. The molecule has 0 saturated heterocycles. The summed E-state index contributed by atoms with van der Waals surface area (Å²) in [5.41, 5.74) is -0.682. The Morgan fingerprint density at radius 3 is 2.62 bits per heavy atom. The van der Waals surface area contributed by atoms with Gasteiger partial charge in [-0.05, 0) is 0 Å². The van der Waals surface area contributed by atoms with Gasteiger partial charge in [0.25, 0.3) is 0 Å². The standard InChI is InChI=1S/C8H5ClF3NO3/c9-1-4-5(3-14)7(13-2-6(4)15)16-8(10,11)12/h2-3,15H,1H2. The second kappa shape index (κ2) is 4.56. The van der Waals surface area contributed by atoms with Crippen LogP contribution in [0.25, 0.3) is 0 Å². The molecule has 0 unspecified atom stereocenters. The van der Waals surface area contributed by atoms with Gasteiger partial charge in [-0.1, -0.05) is 0 Å². The fourth-order valence-corrected chi connectivity index (χ4v) is 1.27. The number of pyridine rings is 1. The Morgan fingerprint density at radius 2 is 2.19 bits per heavy atom. The number of alkyl halides is 4. The zero-order valence-electron chi connectivity index (χ0n) is 7.58. The Balaban J connectivity index is 3.25. The number of aldehydes is 1. The van der Waals surface area contributed by atoms with E-state index in [-0.39, 0.29) is 17.7 Å². The number of aromatic hydroxyl groups is 1. The van der Waals surface area contributed by atoms with E-state index in [0.29, 0.717) is 0 Å². The summed E-state index contributed by atoms with van der Waals surface area (Å²) in [5.74, 6) is -1.74. The first-order chi connectivity index (χ1) is 7.39. The number of rotatable bonds is 3. The monoisotopic (exact) mass is 255 g/mol. The number of aromatic nitrogens is 1. The molecule has 0 spiro atoms. The molecule has 0 bridgehead atoms. The maximum atomic E-state index is 11.9. The van der Waals surface area contributed by atoms with Gasteiger partial charge in [0.2, 0.25) is 5.88 Å². The molecule has 0 amide bonds. The maximum Gasteiger partial charge on any atom is 0.574 e. The molecule has 88 valence electrons. The van der Waals surface area contributed by atoms with E-state index in [1.165, 1.54) is 0 Å².